The summed E-state index contributed by atoms with van der Waals surface area (Å²) in [7, 11) is 0. The third-order valence-corrected chi connectivity index (χ3v) is 7.04. The first-order valence-electron chi connectivity index (χ1n) is 11.4. The molecule has 6 heteroatoms. The second-order valence-electron chi connectivity index (χ2n) is 8.42. The predicted octanol–water partition coefficient (Wildman–Crippen LogP) is 6.12. The van der Waals surface area contributed by atoms with Crippen molar-refractivity contribution in [2.45, 2.75) is 46.1 Å². The third-order valence-electron chi connectivity index (χ3n) is 5.87. The monoisotopic (exact) mass is 463 g/mol. The van der Waals surface area contributed by atoms with Crippen LogP contribution >= 0.6 is 11.3 Å². The largest absolute Gasteiger partial charge is 0.481 e. The number of esters is 1. The summed E-state index contributed by atoms with van der Waals surface area (Å²) in [5, 5.41) is 3.50. The fourth-order valence-electron chi connectivity index (χ4n) is 4.09. The Balaban J connectivity index is 1.47. The molecule has 0 fully saturated rings. The Morgan fingerprint density at radius 2 is 1.79 bits per heavy atom. The summed E-state index contributed by atoms with van der Waals surface area (Å²) in [5.41, 5.74) is 3.74. The fourth-order valence-corrected chi connectivity index (χ4v) is 5.49. The maximum Gasteiger partial charge on any atom is 0.341 e. The van der Waals surface area contributed by atoms with Crippen molar-refractivity contribution >= 4 is 28.2 Å². The quantitative estimate of drug-likeness (QED) is 0.429. The van der Waals surface area contributed by atoms with Crippen LogP contribution in [0.5, 0.6) is 5.75 Å². The zero-order valence-corrected chi connectivity index (χ0v) is 20.0. The highest BCUT2D eigenvalue weighted by atomic mass is 32.1. The van der Waals surface area contributed by atoms with Crippen LogP contribution in [0.3, 0.4) is 0 Å². The lowest BCUT2D eigenvalue weighted by Gasteiger charge is -2.18. The SMILES string of the molecule is CCOC(=O)c1c(NC(=O)C(C)Oc2ccc(-c3ccccc3)cc2)sc2c1CCC(C)C2. The molecule has 172 valence electrons. The Morgan fingerprint density at radius 1 is 1.09 bits per heavy atom. The number of carbonyl (C=O) groups is 2. The molecule has 0 bridgehead atoms. The van der Waals surface area contributed by atoms with E-state index >= 15 is 0 Å². The van der Waals surface area contributed by atoms with Gasteiger partial charge in [0.05, 0.1) is 12.2 Å². The summed E-state index contributed by atoms with van der Waals surface area (Å²) in [4.78, 5) is 26.8. The highest BCUT2D eigenvalue weighted by Crippen LogP contribution is 2.40. The van der Waals surface area contributed by atoms with Gasteiger partial charge in [-0.25, -0.2) is 4.79 Å². The Labute approximate surface area is 198 Å². The summed E-state index contributed by atoms with van der Waals surface area (Å²) in [6.45, 7) is 6.01. The maximum atomic E-state index is 12.9. The average molecular weight is 464 g/mol. The van der Waals surface area contributed by atoms with E-state index in [0.29, 0.717) is 28.8 Å². The van der Waals surface area contributed by atoms with Crippen LogP contribution in [0.4, 0.5) is 5.00 Å². The van der Waals surface area contributed by atoms with Crippen LogP contribution in [0, 0.1) is 5.92 Å². The molecule has 0 spiro atoms. The van der Waals surface area contributed by atoms with Crippen molar-refractivity contribution in [3.63, 3.8) is 0 Å². The molecule has 1 N–H and O–H groups in total. The van der Waals surface area contributed by atoms with Crippen molar-refractivity contribution in [3.05, 3.63) is 70.6 Å². The molecule has 3 aromatic rings. The van der Waals surface area contributed by atoms with E-state index in [1.165, 1.54) is 11.3 Å². The van der Waals surface area contributed by atoms with E-state index in [9.17, 15) is 9.59 Å². The third kappa shape index (κ3) is 5.28. The predicted molar refractivity (Wildman–Crippen MR) is 132 cm³/mol. The Hall–Kier alpha value is -3.12. The van der Waals surface area contributed by atoms with Gasteiger partial charge in [0.1, 0.15) is 10.8 Å². The number of thiophene rings is 1. The molecule has 4 rings (SSSR count). The number of rotatable bonds is 7. The van der Waals surface area contributed by atoms with Crippen LogP contribution < -0.4 is 10.1 Å². The highest BCUT2D eigenvalue weighted by Gasteiger charge is 2.30. The lowest BCUT2D eigenvalue weighted by Crippen LogP contribution is -2.30. The molecule has 2 atom stereocenters. The van der Waals surface area contributed by atoms with Gasteiger partial charge in [-0.15, -0.1) is 11.3 Å². The van der Waals surface area contributed by atoms with Gasteiger partial charge in [0, 0.05) is 4.88 Å². The molecule has 1 heterocycles. The second-order valence-corrected chi connectivity index (χ2v) is 9.52. The van der Waals surface area contributed by atoms with Gasteiger partial charge in [-0.2, -0.15) is 0 Å². The summed E-state index contributed by atoms with van der Waals surface area (Å²) in [6, 6.07) is 17.8. The van der Waals surface area contributed by atoms with Crippen LogP contribution in [0.25, 0.3) is 11.1 Å². The number of benzene rings is 2. The average Bonchev–Trinajstić information content (AvgIpc) is 3.17. The van der Waals surface area contributed by atoms with Crippen LogP contribution in [-0.2, 0) is 22.4 Å². The van der Waals surface area contributed by atoms with E-state index in [1.807, 2.05) is 42.5 Å². The Kier molecular flexibility index (Phi) is 7.14. The second kappa shape index (κ2) is 10.2. The number of fused-ring (bicyclic) bond motifs is 1. The van der Waals surface area contributed by atoms with Crippen LogP contribution in [-0.4, -0.2) is 24.6 Å². The molecule has 0 radical (unpaired) electrons. The molecule has 0 saturated carbocycles. The molecular weight excluding hydrogens is 434 g/mol. The van der Waals surface area contributed by atoms with Gasteiger partial charge in [0.25, 0.3) is 5.91 Å². The zero-order valence-electron chi connectivity index (χ0n) is 19.2. The Morgan fingerprint density at radius 3 is 2.48 bits per heavy atom. The molecule has 2 aromatic carbocycles. The van der Waals surface area contributed by atoms with Crippen molar-refractivity contribution in [2.24, 2.45) is 5.92 Å². The molecule has 0 aliphatic heterocycles. The standard InChI is InChI=1S/C27H29NO4S/c1-4-31-27(30)24-22-15-10-17(2)16-23(22)33-26(24)28-25(29)18(3)32-21-13-11-20(12-14-21)19-8-6-5-7-9-19/h5-9,11-14,17-18H,4,10,15-16H2,1-3H3,(H,28,29). The van der Waals surface area contributed by atoms with E-state index in [4.69, 9.17) is 9.47 Å². The van der Waals surface area contributed by atoms with Gasteiger partial charge in [-0.05, 0) is 67.9 Å². The lowest BCUT2D eigenvalue weighted by molar-refractivity contribution is -0.122. The number of anilines is 1. The van der Waals surface area contributed by atoms with Crippen molar-refractivity contribution in [3.8, 4) is 16.9 Å². The minimum atomic E-state index is -0.722. The van der Waals surface area contributed by atoms with E-state index < -0.39 is 6.10 Å². The first-order chi connectivity index (χ1) is 16.0. The molecule has 1 aromatic heterocycles. The summed E-state index contributed by atoms with van der Waals surface area (Å²) >= 11 is 1.48. The van der Waals surface area contributed by atoms with E-state index in [0.717, 1.165) is 40.8 Å². The smallest absolute Gasteiger partial charge is 0.341 e. The van der Waals surface area contributed by atoms with Crippen molar-refractivity contribution in [2.75, 3.05) is 11.9 Å². The molecule has 1 aliphatic rings. The van der Waals surface area contributed by atoms with Crippen LogP contribution in [0.15, 0.2) is 54.6 Å². The molecule has 2 unspecified atom stereocenters. The number of nitrogens with one attached hydrogen (secondary N) is 1. The van der Waals surface area contributed by atoms with Gasteiger partial charge in [0.2, 0.25) is 0 Å². The topological polar surface area (TPSA) is 64.6 Å². The molecule has 33 heavy (non-hydrogen) atoms. The normalized spacial score (nSPS) is 15.9. The zero-order chi connectivity index (χ0) is 23.4. The number of carbonyl (C=O) groups excluding carboxylic acids is 2. The van der Waals surface area contributed by atoms with Crippen molar-refractivity contribution in [1.82, 2.24) is 0 Å². The highest BCUT2D eigenvalue weighted by molar-refractivity contribution is 7.17. The van der Waals surface area contributed by atoms with Gasteiger partial charge >= 0.3 is 5.97 Å². The number of hydrogen-bond donors (Lipinski definition) is 1. The lowest BCUT2D eigenvalue weighted by atomic mass is 9.88. The number of ether oxygens (including phenoxy) is 2. The molecule has 1 aliphatic carbocycles. The number of hydrogen-bond acceptors (Lipinski definition) is 5. The minimum Gasteiger partial charge on any atom is -0.481 e. The van der Waals surface area contributed by atoms with Gasteiger partial charge < -0.3 is 14.8 Å². The van der Waals surface area contributed by atoms with Crippen molar-refractivity contribution < 1.29 is 19.1 Å². The Bertz CT molecular complexity index is 1120. The first kappa shape index (κ1) is 23.1. The molecule has 0 saturated heterocycles. The fraction of sp³-hybridized carbons (Fsp3) is 0.333. The summed E-state index contributed by atoms with van der Waals surface area (Å²) in [5.74, 6) is 0.516. The van der Waals surface area contributed by atoms with Gasteiger partial charge in [-0.1, -0.05) is 49.4 Å². The van der Waals surface area contributed by atoms with E-state index in [-0.39, 0.29) is 11.9 Å². The molecule has 1 amide bonds. The summed E-state index contributed by atoms with van der Waals surface area (Å²) in [6.07, 6.45) is 2.06. The molecular formula is C27H29NO4S. The summed E-state index contributed by atoms with van der Waals surface area (Å²) < 4.78 is 11.2. The van der Waals surface area contributed by atoms with E-state index in [1.54, 1.807) is 13.8 Å². The van der Waals surface area contributed by atoms with Crippen LogP contribution in [0.1, 0.15) is 48.0 Å². The number of amides is 1. The van der Waals surface area contributed by atoms with Gasteiger partial charge in [-0.3, -0.25) is 4.79 Å². The minimum absolute atomic E-state index is 0.292. The van der Waals surface area contributed by atoms with Crippen molar-refractivity contribution in [1.29, 1.82) is 0 Å². The maximum absolute atomic E-state index is 12.9. The van der Waals surface area contributed by atoms with E-state index in [2.05, 4.69) is 24.4 Å². The van der Waals surface area contributed by atoms with Gasteiger partial charge in [0.15, 0.2) is 6.10 Å². The molecule has 5 nitrogen and oxygen atoms in total. The first-order valence-corrected chi connectivity index (χ1v) is 12.2. The van der Waals surface area contributed by atoms with Crippen LogP contribution in [0.2, 0.25) is 0 Å².